The summed E-state index contributed by atoms with van der Waals surface area (Å²) >= 11 is 5.90. The van der Waals surface area contributed by atoms with Gasteiger partial charge >= 0.3 is 6.61 Å². The van der Waals surface area contributed by atoms with Gasteiger partial charge in [0.1, 0.15) is 17.2 Å². The Kier molecular flexibility index (Phi) is 5.04. The summed E-state index contributed by atoms with van der Waals surface area (Å²) in [7, 11) is 0. The van der Waals surface area contributed by atoms with E-state index < -0.39 is 12.5 Å². The standard InChI is InChI=1S/C17H12ClF2N3O3/c18-9-1-6-15(24)12(7-9)13-8-14(23-22-13)16(25)21-10-2-4-11(5-3-10)26-17(19)20/h1-8,17,24H,(H,21,25)(H,22,23). The first-order valence-electron chi connectivity index (χ1n) is 7.33. The number of carbonyl (C=O) groups excluding carboxylic acids is 1. The van der Waals surface area contributed by atoms with Crippen LogP contribution in [0.1, 0.15) is 10.5 Å². The highest BCUT2D eigenvalue weighted by Crippen LogP contribution is 2.30. The van der Waals surface area contributed by atoms with Crippen molar-refractivity contribution in [2.24, 2.45) is 0 Å². The fraction of sp³-hybridized carbons (Fsp3) is 0.0588. The number of ether oxygens (including phenoxy) is 1. The maximum atomic E-state index is 12.3. The molecule has 134 valence electrons. The molecule has 1 heterocycles. The molecule has 0 saturated heterocycles. The average molecular weight is 380 g/mol. The largest absolute Gasteiger partial charge is 0.507 e. The highest BCUT2D eigenvalue weighted by Gasteiger charge is 2.14. The second-order valence-electron chi connectivity index (χ2n) is 5.19. The lowest BCUT2D eigenvalue weighted by Crippen LogP contribution is -2.12. The van der Waals surface area contributed by atoms with Gasteiger partial charge in [-0.2, -0.15) is 13.9 Å². The van der Waals surface area contributed by atoms with E-state index in [9.17, 15) is 18.7 Å². The molecule has 3 aromatic rings. The number of hydrogen-bond donors (Lipinski definition) is 3. The molecule has 0 aliphatic heterocycles. The summed E-state index contributed by atoms with van der Waals surface area (Å²) in [6.45, 7) is -2.92. The molecule has 0 aliphatic rings. The number of nitrogens with zero attached hydrogens (tertiary/aromatic N) is 1. The average Bonchev–Trinajstić information content (AvgIpc) is 3.08. The van der Waals surface area contributed by atoms with Gasteiger partial charge in [0.25, 0.3) is 5.91 Å². The number of aromatic nitrogens is 2. The van der Waals surface area contributed by atoms with Crippen molar-refractivity contribution in [3.05, 3.63) is 59.2 Å². The number of nitrogens with one attached hydrogen (secondary N) is 2. The van der Waals surface area contributed by atoms with E-state index in [4.69, 9.17) is 11.6 Å². The van der Waals surface area contributed by atoms with Crippen molar-refractivity contribution < 1.29 is 23.4 Å². The third-order valence-electron chi connectivity index (χ3n) is 3.39. The fourth-order valence-corrected chi connectivity index (χ4v) is 2.38. The summed E-state index contributed by atoms with van der Waals surface area (Å²) in [4.78, 5) is 12.3. The molecule has 0 spiro atoms. The smallest absolute Gasteiger partial charge is 0.387 e. The maximum absolute atomic E-state index is 12.3. The van der Waals surface area contributed by atoms with Crippen LogP contribution < -0.4 is 10.1 Å². The van der Waals surface area contributed by atoms with Crippen molar-refractivity contribution in [1.82, 2.24) is 10.2 Å². The first-order valence-corrected chi connectivity index (χ1v) is 7.70. The number of aromatic amines is 1. The molecule has 9 heteroatoms. The van der Waals surface area contributed by atoms with Crippen molar-refractivity contribution in [3.8, 4) is 22.8 Å². The summed E-state index contributed by atoms with van der Waals surface area (Å²) < 4.78 is 28.5. The molecule has 6 nitrogen and oxygen atoms in total. The number of benzene rings is 2. The molecule has 0 radical (unpaired) electrons. The number of amides is 1. The zero-order valence-electron chi connectivity index (χ0n) is 13.0. The molecule has 0 fully saturated rings. The van der Waals surface area contributed by atoms with Gasteiger partial charge in [0.05, 0.1) is 5.69 Å². The molecule has 0 aliphatic carbocycles. The molecule has 26 heavy (non-hydrogen) atoms. The van der Waals surface area contributed by atoms with Crippen molar-refractivity contribution in [3.63, 3.8) is 0 Å². The quantitative estimate of drug-likeness (QED) is 0.617. The van der Waals surface area contributed by atoms with Crippen LogP contribution in [-0.4, -0.2) is 27.8 Å². The number of carbonyl (C=O) groups is 1. The first-order chi connectivity index (χ1) is 12.4. The van der Waals surface area contributed by atoms with E-state index in [-0.39, 0.29) is 17.2 Å². The minimum absolute atomic E-state index is 0.0155. The van der Waals surface area contributed by atoms with Crippen LogP contribution >= 0.6 is 11.6 Å². The molecule has 1 amide bonds. The Labute approximate surface area is 151 Å². The summed E-state index contributed by atoms with van der Waals surface area (Å²) in [6.07, 6.45) is 0. The number of rotatable bonds is 5. The van der Waals surface area contributed by atoms with Gasteiger partial charge in [0, 0.05) is 16.3 Å². The molecule has 0 atom stereocenters. The number of H-pyrrole nitrogens is 1. The van der Waals surface area contributed by atoms with E-state index in [1.54, 1.807) is 0 Å². The van der Waals surface area contributed by atoms with E-state index in [1.807, 2.05) is 0 Å². The molecule has 3 rings (SSSR count). The summed E-state index contributed by atoms with van der Waals surface area (Å²) in [5.74, 6) is -0.534. The summed E-state index contributed by atoms with van der Waals surface area (Å²) in [6, 6.07) is 11.4. The third-order valence-corrected chi connectivity index (χ3v) is 3.63. The molecule has 0 bridgehead atoms. The Morgan fingerprint density at radius 1 is 1.19 bits per heavy atom. The van der Waals surface area contributed by atoms with E-state index >= 15 is 0 Å². The number of hydrogen-bond acceptors (Lipinski definition) is 4. The Balaban J connectivity index is 1.73. The van der Waals surface area contributed by atoms with Crippen LogP contribution in [0.25, 0.3) is 11.3 Å². The predicted molar refractivity (Wildman–Crippen MR) is 91.7 cm³/mol. The number of anilines is 1. The van der Waals surface area contributed by atoms with Gasteiger partial charge in [-0.15, -0.1) is 0 Å². The van der Waals surface area contributed by atoms with Crippen LogP contribution in [0.5, 0.6) is 11.5 Å². The van der Waals surface area contributed by atoms with Crippen molar-refractivity contribution in [1.29, 1.82) is 0 Å². The van der Waals surface area contributed by atoms with E-state index in [1.165, 1.54) is 48.5 Å². The number of phenolic OH excluding ortho intramolecular Hbond substituents is 1. The predicted octanol–water partition coefficient (Wildman–Crippen LogP) is 4.29. The monoisotopic (exact) mass is 379 g/mol. The van der Waals surface area contributed by atoms with Gasteiger partial charge < -0.3 is 15.2 Å². The van der Waals surface area contributed by atoms with E-state index in [2.05, 4.69) is 20.3 Å². The Morgan fingerprint density at radius 3 is 2.62 bits per heavy atom. The number of phenols is 1. The molecule has 0 unspecified atom stereocenters. The third kappa shape index (κ3) is 4.09. The minimum Gasteiger partial charge on any atom is -0.507 e. The van der Waals surface area contributed by atoms with Gasteiger partial charge in [-0.05, 0) is 48.5 Å². The lowest BCUT2D eigenvalue weighted by atomic mass is 10.1. The molecule has 3 N–H and O–H groups in total. The van der Waals surface area contributed by atoms with Crippen LogP contribution in [0.4, 0.5) is 14.5 Å². The van der Waals surface area contributed by atoms with Gasteiger partial charge in [0.15, 0.2) is 0 Å². The first kappa shape index (κ1) is 17.7. The topological polar surface area (TPSA) is 87.2 Å². The highest BCUT2D eigenvalue weighted by atomic mass is 35.5. The van der Waals surface area contributed by atoms with Crippen LogP contribution in [0, 0.1) is 0 Å². The molecule has 2 aromatic carbocycles. The SMILES string of the molecule is O=C(Nc1ccc(OC(F)F)cc1)c1cc(-c2cc(Cl)ccc2O)n[nH]1. The number of alkyl halides is 2. The lowest BCUT2D eigenvalue weighted by Gasteiger charge is -2.06. The normalized spacial score (nSPS) is 10.8. The van der Waals surface area contributed by atoms with Crippen molar-refractivity contribution >= 4 is 23.2 Å². The van der Waals surface area contributed by atoms with Gasteiger partial charge in [-0.3, -0.25) is 9.89 Å². The van der Waals surface area contributed by atoms with Crippen LogP contribution in [0.3, 0.4) is 0 Å². The highest BCUT2D eigenvalue weighted by molar-refractivity contribution is 6.31. The van der Waals surface area contributed by atoms with Crippen molar-refractivity contribution in [2.75, 3.05) is 5.32 Å². The summed E-state index contributed by atoms with van der Waals surface area (Å²) in [5, 5.41) is 19.4. The second kappa shape index (κ2) is 7.40. The maximum Gasteiger partial charge on any atom is 0.387 e. The molecule has 1 aromatic heterocycles. The zero-order chi connectivity index (χ0) is 18.7. The van der Waals surface area contributed by atoms with Crippen LogP contribution in [0.15, 0.2) is 48.5 Å². The zero-order valence-corrected chi connectivity index (χ0v) is 13.8. The Bertz CT molecular complexity index is 929. The molecular weight excluding hydrogens is 368 g/mol. The van der Waals surface area contributed by atoms with Gasteiger partial charge in [0.2, 0.25) is 0 Å². The van der Waals surface area contributed by atoms with Crippen LogP contribution in [-0.2, 0) is 0 Å². The summed E-state index contributed by atoms with van der Waals surface area (Å²) in [5.41, 5.74) is 1.25. The Hall–Kier alpha value is -3.13. The van der Waals surface area contributed by atoms with E-state index in [0.29, 0.717) is 22.0 Å². The lowest BCUT2D eigenvalue weighted by molar-refractivity contribution is -0.0498. The van der Waals surface area contributed by atoms with Crippen molar-refractivity contribution in [2.45, 2.75) is 6.61 Å². The van der Waals surface area contributed by atoms with Crippen LogP contribution in [0.2, 0.25) is 5.02 Å². The number of aromatic hydroxyl groups is 1. The molecular formula is C17H12ClF2N3O3. The minimum atomic E-state index is -2.92. The fourth-order valence-electron chi connectivity index (χ4n) is 2.21. The molecule has 0 saturated carbocycles. The van der Waals surface area contributed by atoms with Gasteiger partial charge in [-0.1, -0.05) is 11.6 Å². The van der Waals surface area contributed by atoms with Gasteiger partial charge in [-0.25, -0.2) is 0 Å². The second-order valence-corrected chi connectivity index (χ2v) is 5.62. The number of halogens is 3. The Morgan fingerprint density at radius 2 is 1.92 bits per heavy atom. The van der Waals surface area contributed by atoms with E-state index in [0.717, 1.165) is 0 Å².